The molecule has 11 heteroatoms. The van der Waals surface area contributed by atoms with Gasteiger partial charge in [-0.1, -0.05) is 0 Å². The number of aromatic nitrogens is 4. The number of hydrogen-bond acceptors (Lipinski definition) is 8. The highest BCUT2D eigenvalue weighted by Gasteiger charge is 2.52. The van der Waals surface area contributed by atoms with Gasteiger partial charge in [-0.25, -0.2) is 4.98 Å². The first kappa shape index (κ1) is 22.1. The van der Waals surface area contributed by atoms with E-state index in [1.54, 1.807) is 34.5 Å². The second kappa shape index (κ2) is 8.97. The predicted molar refractivity (Wildman–Crippen MR) is 129 cm³/mol. The Bertz CT molecular complexity index is 1300. The zero-order chi connectivity index (χ0) is 23.9. The third-order valence-electron chi connectivity index (χ3n) is 7.27. The monoisotopic (exact) mass is 479 g/mol. The van der Waals surface area contributed by atoms with Crippen molar-refractivity contribution >= 4 is 28.9 Å². The van der Waals surface area contributed by atoms with Crippen molar-refractivity contribution in [3.63, 3.8) is 0 Å². The van der Waals surface area contributed by atoms with Gasteiger partial charge in [0, 0.05) is 44.5 Å². The number of ether oxygens (including phenoxy) is 2. The fraction of sp³-hybridized carbons (Fsp3) is 0.500. The summed E-state index contributed by atoms with van der Waals surface area (Å²) in [6, 6.07) is 5.48. The van der Waals surface area contributed by atoms with Crippen molar-refractivity contribution in [2.75, 3.05) is 44.1 Å². The van der Waals surface area contributed by atoms with Crippen LogP contribution in [0.4, 0.5) is 17.3 Å². The first-order valence-corrected chi connectivity index (χ1v) is 12.1. The lowest BCUT2D eigenvalue weighted by molar-refractivity contribution is 0.0581. The van der Waals surface area contributed by atoms with Gasteiger partial charge >= 0.3 is 0 Å². The molecule has 0 bridgehead atoms. The molecule has 1 saturated carbocycles. The van der Waals surface area contributed by atoms with E-state index in [1.165, 1.54) is 6.20 Å². The number of carbonyl (C=O) groups excluding carboxylic acids is 1. The molecule has 3 aliphatic rings. The lowest BCUT2D eigenvalue weighted by atomic mass is 10.1. The fourth-order valence-corrected chi connectivity index (χ4v) is 5.29. The Morgan fingerprint density at radius 2 is 2.06 bits per heavy atom. The van der Waals surface area contributed by atoms with Crippen molar-refractivity contribution < 1.29 is 14.3 Å². The molecule has 3 fully saturated rings. The van der Waals surface area contributed by atoms with Gasteiger partial charge in [0.2, 0.25) is 0 Å². The number of hydrogen-bond donors (Lipinski definition) is 3. The number of carbonyl (C=O) groups is 1. The molecular formula is C24H29N7O4. The summed E-state index contributed by atoms with van der Waals surface area (Å²) in [6.07, 6.45) is 6.13. The molecule has 3 aromatic heterocycles. The molecule has 1 amide bonds. The van der Waals surface area contributed by atoms with E-state index in [0.717, 1.165) is 32.5 Å². The summed E-state index contributed by atoms with van der Waals surface area (Å²) in [5.74, 6) is 1.76. The van der Waals surface area contributed by atoms with Gasteiger partial charge in [-0.15, -0.1) is 0 Å². The minimum absolute atomic E-state index is 0.0166. The van der Waals surface area contributed by atoms with E-state index in [1.807, 2.05) is 6.07 Å². The second-order valence-corrected chi connectivity index (χ2v) is 9.39. The Hall–Kier alpha value is -3.44. The highest BCUT2D eigenvalue weighted by Crippen LogP contribution is 2.44. The van der Waals surface area contributed by atoms with Gasteiger partial charge in [-0.3, -0.25) is 9.59 Å². The molecule has 184 valence electrons. The number of fused-ring (bicyclic) bond motifs is 2. The van der Waals surface area contributed by atoms with Crippen molar-refractivity contribution in [1.29, 1.82) is 0 Å². The lowest BCUT2D eigenvalue weighted by Gasteiger charge is -2.24. The van der Waals surface area contributed by atoms with E-state index >= 15 is 0 Å². The summed E-state index contributed by atoms with van der Waals surface area (Å²) in [5.41, 5.74) is 1.07. The van der Waals surface area contributed by atoms with Crippen LogP contribution in [-0.4, -0.2) is 64.6 Å². The predicted octanol–water partition coefficient (Wildman–Crippen LogP) is 1.79. The van der Waals surface area contributed by atoms with Gasteiger partial charge in [-0.2, -0.15) is 9.61 Å². The van der Waals surface area contributed by atoms with Crippen LogP contribution in [0.15, 0.2) is 35.4 Å². The molecule has 35 heavy (non-hydrogen) atoms. The Balaban J connectivity index is 1.28. The van der Waals surface area contributed by atoms with E-state index in [4.69, 9.17) is 9.47 Å². The second-order valence-electron chi connectivity index (χ2n) is 9.39. The molecular weight excluding hydrogens is 450 g/mol. The van der Waals surface area contributed by atoms with Crippen LogP contribution in [0.5, 0.6) is 0 Å². The van der Waals surface area contributed by atoms with Crippen LogP contribution in [0.2, 0.25) is 0 Å². The molecule has 3 aromatic rings. The van der Waals surface area contributed by atoms with E-state index < -0.39 is 0 Å². The number of nitrogens with one attached hydrogen (secondary N) is 3. The SMILES string of the molecule is CNc1cc(Nc2cccn([C@@H]3CCCOC3)c2=O)nc2c(C(=O)N[C@H]3[C@@H]4CCOC[C@@H]43)cnn12. The lowest BCUT2D eigenvalue weighted by Crippen LogP contribution is -2.31. The standard InChI is InChI=1S/C24H29N7O4/c1-25-20-10-19(27-18-5-2-7-30(24(18)33)14-4-3-8-34-12-14)28-22-16(11-26-31(20)22)23(32)29-21-15-6-9-35-13-17(15)21/h2,5,7,10-11,14-15,17,21,25H,3-4,6,8-9,12-13H2,1H3,(H,27,28)(H,29,32)/t14-,15-,17+,21+/m1/s1. The van der Waals surface area contributed by atoms with E-state index in [2.05, 4.69) is 26.0 Å². The molecule has 0 aromatic carbocycles. The number of pyridine rings is 1. The normalized spacial score (nSPS) is 25.6. The molecule has 0 spiro atoms. The molecule has 11 nitrogen and oxygen atoms in total. The Labute approximate surface area is 201 Å². The largest absolute Gasteiger partial charge is 0.381 e. The Morgan fingerprint density at radius 1 is 1.17 bits per heavy atom. The number of rotatable bonds is 6. The number of amides is 1. The third kappa shape index (κ3) is 4.04. The molecule has 1 aliphatic carbocycles. The van der Waals surface area contributed by atoms with Gasteiger partial charge < -0.3 is 30.0 Å². The highest BCUT2D eigenvalue weighted by atomic mass is 16.5. The minimum Gasteiger partial charge on any atom is -0.381 e. The molecule has 3 N–H and O–H groups in total. The van der Waals surface area contributed by atoms with E-state index in [9.17, 15) is 9.59 Å². The van der Waals surface area contributed by atoms with Crippen LogP contribution in [0.1, 0.15) is 35.7 Å². The maximum Gasteiger partial charge on any atom is 0.274 e. The average Bonchev–Trinajstić information content (AvgIpc) is 3.40. The summed E-state index contributed by atoms with van der Waals surface area (Å²) in [6.45, 7) is 2.71. The summed E-state index contributed by atoms with van der Waals surface area (Å²) in [5, 5.41) is 13.7. The Kier molecular flexibility index (Phi) is 5.65. The van der Waals surface area contributed by atoms with Crippen molar-refractivity contribution in [2.24, 2.45) is 11.8 Å². The van der Waals surface area contributed by atoms with Crippen molar-refractivity contribution in [1.82, 2.24) is 24.5 Å². The molecule has 5 heterocycles. The summed E-state index contributed by atoms with van der Waals surface area (Å²) in [4.78, 5) is 30.9. The zero-order valence-electron chi connectivity index (χ0n) is 19.6. The average molecular weight is 480 g/mol. The molecule has 6 rings (SSSR count). The first-order chi connectivity index (χ1) is 17.1. The van der Waals surface area contributed by atoms with Gasteiger partial charge in [0.15, 0.2) is 5.65 Å². The van der Waals surface area contributed by atoms with Gasteiger partial charge in [0.05, 0.1) is 25.5 Å². The maximum atomic E-state index is 13.2. The zero-order valence-corrected chi connectivity index (χ0v) is 19.6. The summed E-state index contributed by atoms with van der Waals surface area (Å²) in [7, 11) is 1.77. The van der Waals surface area contributed by atoms with Crippen LogP contribution >= 0.6 is 0 Å². The third-order valence-corrected chi connectivity index (χ3v) is 7.27. The minimum atomic E-state index is -0.203. The van der Waals surface area contributed by atoms with Gasteiger partial charge in [0.25, 0.3) is 11.5 Å². The smallest absolute Gasteiger partial charge is 0.274 e. The van der Waals surface area contributed by atoms with Crippen molar-refractivity contribution in [2.45, 2.75) is 31.3 Å². The van der Waals surface area contributed by atoms with E-state index in [-0.39, 0.29) is 23.6 Å². The van der Waals surface area contributed by atoms with Crippen LogP contribution < -0.4 is 21.5 Å². The molecule has 2 saturated heterocycles. The van der Waals surface area contributed by atoms with Gasteiger partial charge in [0.1, 0.15) is 22.9 Å². The molecule has 4 atom stereocenters. The summed E-state index contributed by atoms with van der Waals surface area (Å²) >= 11 is 0. The molecule has 0 radical (unpaired) electrons. The van der Waals surface area contributed by atoms with Crippen LogP contribution in [0.25, 0.3) is 5.65 Å². The first-order valence-electron chi connectivity index (χ1n) is 12.1. The van der Waals surface area contributed by atoms with Crippen LogP contribution in [0.3, 0.4) is 0 Å². The molecule has 0 unspecified atom stereocenters. The van der Waals surface area contributed by atoms with Crippen molar-refractivity contribution in [3.05, 3.63) is 46.5 Å². The van der Waals surface area contributed by atoms with Crippen LogP contribution in [-0.2, 0) is 9.47 Å². The highest BCUT2D eigenvalue weighted by molar-refractivity contribution is 6.00. The molecule has 2 aliphatic heterocycles. The summed E-state index contributed by atoms with van der Waals surface area (Å²) < 4.78 is 14.4. The van der Waals surface area contributed by atoms with Crippen molar-refractivity contribution in [3.8, 4) is 0 Å². The number of nitrogens with zero attached hydrogens (tertiary/aromatic N) is 4. The maximum absolute atomic E-state index is 13.2. The number of anilines is 3. The Morgan fingerprint density at radius 3 is 2.83 bits per heavy atom. The quantitative estimate of drug-likeness (QED) is 0.489. The van der Waals surface area contributed by atoms with Crippen LogP contribution in [0, 0.1) is 11.8 Å². The van der Waals surface area contributed by atoms with E-state index in [0.29, 0.717) is 53.6 Å². The van der Waals surface area contributed by atoms with Gasteiger partial charge in [-0.05, 0) is 37.3 Å². The fourth-order valence-electron chi connectivity index (χ4n) is 5.29. The topological polar surface area (TPSA) is 124 Å².